The van der Waals surface area contributed by atoms with Crippen LogP contribution in [0.1, 0.15) is 37.0 Å². The van der Waals surface area contributed by atoms with Crippen molar-refractivity contribution in [3.05, 3.63) is 29.1 Å². The third-order valence-electron chi connectivity index (χ3n) is 4.29. The van der Waals surface area contributed by atoms with Crippen LogP contribution in [0.4, 0.5) is 10.1 Å². The fraction of sp³-hybridized carbons (Fsp3) is 0.625. The van der Waals surface area contributed by atoms with Crippen LogP contribution in [0.25, 0.3) is 0 Å². The van der Waals surface area contributed by atoms with Crippen molar-refractivity contribution >= 4 is 5.69 Å². The lowest BCUT2D eigenvalue weighted by Crippen LogP contribution is -2.42. The zero-order chi connectivity index (χ0) is 14.9. The van der Waals surface area contributed by atoms with E-state index in [1.54, 1.807) is 13.8 Å². The van der Waals surface area contributed by atoms with Crippen LogP contribution in [0.3, 0.4) is 0 Å². The largest absolute Gasteiger partial charge is 0.389 e. The highest BCUT2D eigenvalue weighted by Crippen LogP contribution is 2.31. The Morgan fingerprint density at radius 2 is 1.90 bits per heavy atom. The molecule has 1 aliphatic rings. The summed E-state index contributed by atoms with van der Waals surface area (Å²) >= 11 is 0. The van der Waals surface area contributed by atoms with Crippen molar-refractivity contribution in [2.45, 2.75) is 38.8 Å². The molecule has 0 amide bonds. The maximum Gasteiger partial charge on any atom is 0.126 e. The van der Waals surface area contributed by atoms with Crippen LogP contribution in [0, 0.1) is 12.7 Å². The molecule has 0 spiro atoms. The lowest BCUT2D eigenvalue weighted by Gasteiger charge is -2.37. The number of hydrogen-bond donors (Lipinski definition) is 1. The highest BCUT2D eigenvalue weighted by molar-refractivity contribution is 5.57. The first-order valence-corrected chi connectivity index (χ1v) is 7.29. The quantitative estimate of drug-likeness (QED) is 0.922. The summed E-state index contributed by atoms with van der Waals surface area (Å²) in [6, 6.07) is 3.96. The number of rotatable bonds is 3. The number of aliphatic hydroxyl groups is 1. The van der Waals surface area contributed by atoms with E-state index in [9.17, 15) is 9.50 Å². The van der Waals surface area contributed by atoms with Crippen molar-refractivity contribution in [3.8, 4) is 0 Å². The molecule has 1 heterocycles. The van der Waals surface area contributed by atoms with E-state index in [-0.39, 0.29) is 5.82 Å². The Kier molecular flexibility index (Phi) is 4.66. The summed E-state index contributed by atoms with van der Waals surface area (Å²) in [5, 5.41) is 9.89. The second-order valence-electron chi connectivity index (χ2n) is 6.02. The molecule has 0 saturated carbocycles. The Hall–Kier alpha value is -1.13. The minimum Gasteiger partial charge on any atom is -0.389 e. The number of nitrogens with zero attached hydrogens (tertiary/aromatic N) is 2. The number of anilines is 1. The summed E-state index contributed by atoms with van der Waals surface area (Å²) in [7, 11) is 4.23. The van der Waals surface area contributed by atoms with Crippen molar-refractivity contribution in [3.63, 3.8) is 0 Å². The van der Waals surface area contributed by atoms with Crippen LogP contribution in [0.2, 0.25) is 0 Å². The van der Waals surface area contributed by atoms with Gasteiger partial charge >= 0.3 is 0 Å². The molecule has 112 valence electrons. The van der Waals surface area contributed by atoms with E-state index in [0.717, 1.165) is 31.6 Å². The molecule has 0 bridgehead atoms. The van der Waals surface area contributed by atoms with Gasteiger partial charge in [-0.15, -0.1) is 0 Å². The van der Waals surface area contributed by atoms with E-state index in [1.165, 1.54) is 6.07 Å². The molecule has 0 aliphatic carbocycles. The fourth-order valence-electron chi connectivity index (χ4n) is 2.91. The molecule has 4 heteroatoms. The smallest absolute Gasteiger partial charge is 0.126 e. The van der Waals surface area contributed by atoms with Crippen LogP contribution in [-0.2, 0) is 0 Å². The standard InChI is InChI=1S/C16H25FN2O/c1-11-9-16(14(12(2)20)10-15(11)17)19-7-5-13(6-8-19)18(3)4/h9-10,12-13,20H,5-8H2,1-4H3/t12-/m1/s1. The molecule has 1 fully saturated rings. The second-order valence-corrected chi connectivity index (χ2v) is 6.02. The fourth-order valence-corrected chi connectivity index (χ4v) is 2.91. The van der Waals surface area contributed by atoms with E-state index < -0.39 is 6.10 Å². The molecular formula is C16H25FN2O. The molecule has 1 aromatic rings. The SMILES string of the molecule is Cc1cc(N2CCC(N(C)C)CC2)c([C@@H](C)O)cc1F. The van der Waals surface area contributed by atoms with Crippen LogP contribution in [0.5, 0.6) is 0 Å². The first kappa shape index (κ1) is 15.3. The highest BCUT2D eigenvalue weighted by Gasteiger charge is 2.23. The van der Waals surface area contributed by atoms with Gasteiger partial charge in [0.15, 0.2) is 0 Å². The van der Waals surface area contributed by atoms with Crippen molar-refractivity contribution in [2.75, 3.05) is 32.1 Å². The first-order valence-electron chi connectivity index (χ1n) is 7.29. The molecule has 1 aliphatic heterocycles. The molecule has 2 rings (SSSR count). The van der Waals surface area contributed by atoms with Gasteiger partial charge in [-0.3, -0.25) is 0 Å². The normalized spacial score (nSPS) is 18.6. The Balaban J connectivity index is 2.23. The topological polar surface area (TPSA) is 26.7 Å². The highest BCUT2D eigenvalue weighted by atomic mass is 19.1. The zero-order valence-corrected chi connectivity index (χ0v) is 12.9. The molecule has 1 saturated heterocycles. The van der Waals surface area contributed by atoms with E-state index in [4.69, 9.17) is 0 Å². The third-order valence-corrected chi connectivity index (χ3v) is 4.29. The predicted octanol–water partition coefficient (Wildman–Crippen LogP) is 2.72. The molecule has 1 N–H and O–H groups in total. The number of hydrogen-bond acceptors (Lipinski definition) is 3. The van der Waals surface area contributed by atoms with Gasteiger partial charge in [-0.2, -0.15) is 0 Å². The summed E-state index contributed by atoms with van der Waals surface area (Å²) in [4.78, 5) is 4.54. The van der Waals surface area contributed by atoms with Gasteiger partial charge in [0.05, 0.1) is 6.10 Å². The summed E-state index contributed by atoms with van der Waals surface area (Å²) in [5.41, 5.74) is 2.31. The lowest BCUT2D eigenvalue weighted by atomic mass is 9.99. The molecule has 3 nitrogen and oxygen atoms in total. The number of aryl methyl sites for hydroxylation is 1. The van der Waals surface area contributed by atoms with Gasteiger partial charge in [0.1, 0.15) is 5.82 Å². The molecule has 0 aromatic heterocycles. The van der Waals surface area contributed by atoms with E-state index >= 15 is 0 Å². The predicted molar refractivity (Wildman–Crippen MR) is 80.7 cm³/mol. The van der Waals surface area contributed by atoms with E-state index in [2.05, 4.69) is 23.9 Å². The van der Waals surface area contributed by atoms with Gasteiger partial charge in [0, 0.05) is 30.4 Å². The minimum atomic E-state index is -0.647. The van der Waals surface area contributed by atoms with Gasteiger partial charge in [0.2, 0.25) is 0 Å². The van der Waals surface area contributed by atoms with Gasteiger partial charge in [-0.05, 0) is 58.5 Å². The van der Waals surface area contributed by atoms with Crippen molar-refractivity contribution in [1.29, 1.82) is 0 Å². The van der Waals surface area contributed by atoms with Crippen LogP contribution in [0.15, 0.2) is 12.1 Å². The van der Waals surface area contributed by atoms with Crippen LogP contribution in [-0.4, -0.2) is 43.2 Å². The van der Waals surface area contributed by atoms with Crippen molar-refractivity contribution in [1.82, 2.24) is 4.90 Å². The number of benzene rings is 1. The van der Waals surface area contributed by atoms with Crippen molar-refractivity contribution in [2.24, 2.45) is 0 Å². The minimum absolute atomic E-state index is 0.243. The maximum absolute atomic E-state index is 13.7. The molecule has 0 radical (unpaired) electrons. The number of aliphatic hydroxyl groups excluding tert-OH is 1. The molecule has 0 unspecified atom stereocenters. The monoisotopic (exact) mass is 280 g/mol. The van der Waals surface area contributed by atoms with E-state index in [0.29, 0.717) is 17.2 Å². The average Bonchev–Trinajstić information content (AvgIpc) is 2.41. The number of halogens is 1. The average molecular weight is 280 g/mol. The third kappa shape index (κ3) is 3.13. The Morgan fingerprint density at radius 1 is 1.30 bits per heavy atom. The first-order chi connectivity index (χ1) is 9.40. The second kappa shape index (κ2) is 6.10. The molecule has 20 heavy (non-hydrogen) atoms. The molecule has 1 atom stereocenters. The summed E-state index contributed by atoms with van der Waals surface area (Å²) in [6.07, 6.45) is 1.55. The Morgan fingerprint density at radius 3 is 2.40 bits per heavy atom. The van der Waals surface area contributed by atoms with Crippen LogP contribution >= 0.6 is 0 Å². The lowest BCUT2D eigenvalue weighted by molar-refractivity contribution is 0.198. The van der Waals surface area contributed by atoms with Crippen LogP contribution < -0.4 is 4.90 Å². The summed E-state index contributed by atoms with van der Waals surface area (Å²) in [5.74, 6) is -0.243. The Bertz CT molecular complexity index is 466. The van der Waals surface area contributed by atoms with Gasteiger partial charge in [-0.25, -0.2) is 4.39 Å². The van der Waals surface area contributed by atoms with Gasteiger partial charge in [0.25, 0.3) is 0 Å². The maximum atomic E-state index is 13.7. The van der Waals surface area contributed by atoms with Gasteiger partial charge in [-0.1, -0.05) is 0 Å². The number of piperidine rings is 1. The Labute approximate surface area is 121 Å². The van der Waals surface area contributed by atoms with E-state index in [1.807, 2.05) is 6.07 Å². The molecule has 1 aromatic carbocycles. The van der Waals surface area contributed by atoms with Gasteiger partial charge < -0.3 is 14.9 Å². The molecular weight excluding hydrogens is 255 g/mol. The zero-order valence-electron chi connectivity index (χ0n) is 12.9. The summed E-state index contributed by atoms with van der Waals surface area (Å²) < 4.78 is 13.7. The van der Waals surface area contributed by atoms with Crippen molar-refractivity contribution < 1.29 is 9.50 Å². The summed E-state index contributed by atoms with van der Waals surface area (Å²) in [6.45, 7) is 5.37.